The SMILES string of the molecule is CCOc1ccc(OC(C)C(=O)NNC(=O)CC(C)C)cc1. The molecule has 1 aromatic carbocycles. The minimum atomic E-state index is -0.725. The Labute approximate surface area is 131 Å². The van der Waals surface area contributed by atoms with Crippen molar-refractivity contribution in [3.8, 4) is 11.5 Å². The van der Waals surface area contributed by atoms with Crippen molar-refractivity contribution in [1.29, 1.82) is 0 Å². The predicted octanol–water partition coefficient (Wildman–Crippen LogP) is 2.05. The highest BCUT2D eigenvalue weighted by Crippen LogP contribution is 2.18. The lowest BCUT2D eigenvalue weighted by atomic mass is 10.1. The summed E-state index contributed by atoms with van der Waals surface area (Å²) in [5.74, 6) is 0.893. The first-order chi connectivity index (χ1) is 10.4. The average Bonchev–Trinajstić information content (AvgIpc) is 2.46. The Hall–Kier alpha value is -2.24. The van der Waals surface area contributed by atoms with E-state index in [0.29, 0.717) is 18.8 Å². The van der Waals surface area contributed by atoms with Crippen LogP contribution in [0.3, 0.4) is 0 Å². The smallest absolute Gasteiger partial charge is 0.279 e. The molecule has 0 aliphatic rings. The summed E-state index contributed by atoms with van der Waals surface area (Å²) in [5.41, 5.74) is 4.72. The number of rotatable bonds is 7. The molecule has 2 N–H and O–H groups in total. The summed E-state index contributed by atoms with van der Waals surface area (Å²) < 4.78 is 10.8. The van der Waals surface area contributed by atoms with Gasteiger partial charge in [0.05, 0.1) is 6.61 Å². The first kappa shape index (κ1) is 17.8. The van der Waals surface area contributed by atoms with Gasteiger partial charge in [0.2, 0.25) is 5.91 Å². The molecule has 122 valence electrons. The molecule has 0 saturated heterocycles. The number of hydrogen-bond acceptors (Lipinski definition) is 4. The van der Waals surface area contributed by atoms with E-state index >= 15 is 0 Å². The van der Waals surface area contributed by atoms with Crippen LogP contribution in [0.4, 0.5) is 0 Å². The molecule has 6 heteroatoms. The molecule has 6 nitrogen and oxygen atoms in total. The van der Waals surface area contributed by atoms with E-state index in [1.165, 1.54) is 0 Å². The minimum absolute atomic E-state index is 0.225. The Balaban J connectivity index is 2.41. The van der Waals surface area contributed by atoms with Crippen LogP contribution in [0.25, 0.3) is 0 Å². The summed E-state index contributed by atoms with van der Waals surface area (Å²) in [7, 11) is 0. The zero-order chi connectivity index (χ0) is 16.5. The number of nitrogens with one attached hydrogen (secondary N) is 2. The summed E-state index contributed by atoms with van der Waals surface area (Å²) in [6, 6.07) is 7.00. The first-order valence-electron chi connectivity index (χ1n) is 7.40. The highest BCUT2D eigenvalue weighted by molar-refractivity contribution is 5.84. The second kappa shape index (κ2) is 8.92. The van der Waals surface area contributed by atoms with Gasteiger partial charge in [-0.3, -0.25) is 20.4 Å². The molecule has 0 saturated carbocycles. The molecule has 0 radical (unpaired) electrons. The van der Waals surface area contributed by atoms with Crippen molar-refractivity contribution in [1.82, 2.24) is 10.9 Å². The van der Waals surface area contributed by atoms with Crippen LogP contribution in [0.1, 0.15) is 34.1 Å². The van der Waals surface area contributed by atoms with Gasteiger partial charge in [-0.1, -0.05) is 13.8 Å². The molecule has 2 amide bonds. The molecule has 0 aromatic heterocycles. The fourth-order valence-corrected chi connectivity index (χ4v) is 1.69. The van der Waals surface area contributed by atoms with E-state index < -0.39 is 12.0 Å². The molecule has 1 rings (SSSR count). The van der Waals surface area contributed by atoms with Crippen LogP contribution in [0.5, 0.6) is 11.5 Å². The highest BCUT2D eigenvalue weighted by atomic mass is 16.5. The van der Waals surface area contributed by atoms with Gasteiger partial charge in [-0.05, 0) is 44.0 Å². The third kappa shape index (κ3) is 6.47. The number of hydrogen-bond donors (Lipinski definition) is 2. The van der Waals surface area contributed by atoms with Gasteiger partial charge in [0.1, 0.15) is 11.5 Å². The number of benzene rings is 1. The molecule has 0 aliphatic carbocycles. The van der Waals surface area contributed by atoms with Crippen LogP contribution in [-0.2, 0) is 9.59 Å². The van der Waals surface area contributed by atoms with Gasteiger partial charge in [-0.25, -0.2) is 0 Å². The topological polar surface area (TPSA) is 76.7 Å². The standard InChI is InChI=1S/C16H24N2O4/c1-5-21-13-6-8-14(9-7-13)22-12(4)16(20)18-17-15(19)10-11(2)3/h6-9,11-12H,5,10H2,1-4H3,(H,17,19)(H,18,20). The number of hydrazine groups is 1. The predicted molar refractivity (Wildman–Crippen MR) is 83.4 cm³/mol. The van der Waals surface area contributed by atoms with E-state index in [1.54, 1.807) is 31.2 Å². The van der Waals surface area contributed by atoms with E-state index in [-0.39, 0.29) is 11.8 Å². The van der Waals surface area contributed by atoms with Gasteiger partial charge < -0.3 is 9.47 Å². The van der Waals surface area contributed by atoms with Crippen LogP contribution in [0.2, 0.25) is 0 Å². The van der Waals surface area contributed by atoms with E-state index in [4.69, 9.17) is 9.47 Å². The first-order valence-corrected chi connectivity index (χ1v) is 7.40. The van der Waals surface area contributed by atoms with Crippen molar-refractivity contribution in [2.45, 2.75) is 40.2 Å². The zero-order valence-electron chi connectivity index (χ0n) is 13.5. The number of amides is 2. The van der Waals surface area contributed by atoms with Gasteiger partial charge in [-0.2, -0.15) is 0 Å². The Morgan fingerprint density at radius 3 is 2.18 bits per heavy atom. The van der Waals surface area contributed by atoms with E-state index in [0.717, 1.165) is 5.75 Å². The van der Waals surface area contributed by atoms with Crippen molar-refractivity contribution < 1.29 is 19.1 Å². The normalized spacial score (nSPS) is 11.7. The second-order valence-electron chi connectivity index (χ2n) is 5.30. The van der Waals surface area contributed by atoms with Crippen molar-refractivity contribution in [3.63, 3.8) is 0 Å². The third-order valence-electron chi connectivity index (χ3n) is 2.74. The van der Waals surface area contributed by atoms with Crippen LogP contribution in [0, 0.1) is 5.92 Å². The quantitative estimate of drug-likeness (QED) is 0.756. The second-order valence-corrected chi connectivity index (χ2v) is 5.30. The maximum Gasteiger partial charge on any atom is 0.279 e. The van der Waals surface area contributed by atoms with E-state index in [9.17, 15) is 9.59 Å². The Morgan fingerprint density at radius 2 is 1.64 bits per heavy atom. The Bertz CT molecular complexity index is 485. The highest BCUT2D eigenvalue weighted by Gasteiger charge is 2.15. The number of carbonyl (C=O) groups excluding carboxylic acids is 2. The van der Waals surface area contributed by atoms with Crippen LogP contribution < -0.4 is 20.3 Å². The molecular formula is C16H24N2O4. The maximum atomic E-state index is 11.8. The van der Waals surface area contributed by atoms with Gasteiger partial charge in [0.25, 0.3) is 5.91 Å². The van der Waals surface area contributed by atoms with Gasteiger partial charge in [0, 0.05) is 6.42 Å². The zero-order valence-corrected chi connectivity index (χ0v) is 13.5. The lowest BCUT2D eigenvalue weighted by Crippen LogP contribution is -2.47. The number of carbonyl (C=O) groups is 2. The molecular weight excluding hydrogens is 284 g/mol. The molecule has 0 heterocycles. The molecule has 0 aliphatic heterocycles. The summed E-state index contributed by atoms with van der Waals surface area (Å²) in [6.45, 7) is 7.97. The van der Waals surface area contributed by atoms with Crippen molar-refractivity contribution in [2.75, 3.05) is 6.61 Å². The van der Waals surface area contributed by atoms with Gasteiger partial charge in [0.15, 0.2) is 6.10 Å². The maximum absolute atomic E-state index is 11.8. The Kier molecular flexibility index (Phi) is 7.22. The van der Waals surface area contributed by atoms with Crippen molar-refractivity contribution in [3.05, 3.63) is 24.3 Å². The fourth-order valence-electron chi connectivity index (χ4n) is 1.69. The van der Waals surface area contributed by atoms with Crippen molar-refractivity contribution >= 4 is 11.8 Å². The van der Waals surface area contributed by atoms with E-state index in [1.807, 2.05) is 20.8 Å². The summed E-state index contributed by atoms with van der Waals surface area (Å²) >= 11 is 0. The van der Waals surface area contributed by atoms with Crippen LogP contribution in [-0.4, -0.2) is 24.5 Å². The third-order valence-corrected chi connectivity index (χ3v) is 2.74. The average molecular weight is 308 g/mol. The monoisotopic (exact) mass is 308 g/mol. The Morgan fingerprint density at radius 1 is 1.05 bits per heavy atom. The van der Waals surface area contributed by atoms with Crippen LogP contribution >= 0.6 is 0 Å². The summed E-state index contributed by atoms with van der Waals surface area (Å²) in [4.78, 5) is 23.3. The lowest BCUT2D eigenvalue weighted by Gasteiger charge is -2.15. The van der Waals surface area contributed by atoms with Gasteiger partial charge >= 0.3 is 0 Å². The molecule has 1 atom stereocenters. The van der Waals surface area contributed by atoms with Gasteiger partial charge in [-0.15, -0.1) is 0 Å². The van der Waals surface area contributed by atoms with Crippen LogP contribution in [0.15, 0.2) is 24.3 Å². The molecule has 0 spiro atoms. The summed E-state index contributed by atoms with van der Waals surface area (Å²) in [5, 5.41) is 0. The van der Waals surface area contributed by atoms with Crippen molar-refractivity contribution in [2.24, 2.45) is 5.92 Å². The molecule has 22 heavy (non-hydrogen) atoms. The minimum Gasteiger partial charge on any atom is -0.494 e. The molecule has 1 aromatic rings. The molecule has 0 fully saturated rings. The van der Waals surface area contributed by atoms with E-state index in [2.05, 4.69) is 10.9 Å². The fraction of sp³-hybridized carbons (Fsp3) is 0.500. The molecule has 0 bridgehead atoms. The largest absolute Gasteiger partial charge is 0.494 e. The summed E-state index contributed by atoms with van der Waals surface area (Å²) in [6.07, 6.45) is -0.369. The number of ether oxygens (including phenoxy) is 2. The lowest BCUT2D eigenvalue weighted by molar-refractivity contribution is -0.133. The molecule has 1 unspecified atom stereocenters.